The van der Waals surface area contributed by atoms with Crippen LogP contribution in [0.3, 0.4) is 0 Å². The zero-order valence-corrected chi connectivity index (χ0v) is 13.3. The van der Waals surface area contributed by atoms with E-state index in [1.165, 1.54) is 5.56 Å². The van der Waals surface area contributed by atoms with Crippen molar-refractivity contribution in [3.63, 3.8) is 0 Å². The largest absolute Gasteiger partial charge is 0.496 e. The maximum absolute atomic E-state index is 6.34. The second-order valence-electron chi connectivity index (χ2n) is 6.34. The minimum Gasteiger partial charge on any atom is -0.496 e. The van der Waals surface area contributed by atoms with Crippen molar-refractivity contribution in [2.45, 2.75) is 45.2 Å². The van der Waals surface area contributed by atoms with Crippen LogP contribution in [0.4, 0.5) is 0 Å². The molecule has 0 bridgehead atoms. The molecule has 0 radical (unpaired) electrons. The summed E-state index contributed by atoms with van der Waals surface area (Å²) in [4.78, 5) is 2.15. The molecular weight excluding hydrogens is 236 g/mol. The minimum atomic E-state index is -0.337. The van der Waals surface area contributed by atoms with E-state index in [4.69, 9.17) is 10.5 Å². The fraction of sp³-hybridized carbons (Fsp3) is 0.625. The van der Waals surface area contributed by atoms with Gasteiger partial charge in [-0.15, -0.1) is 0 Å². The smallest absolute Gasteiger partial charge is 0.123 e. The molecule has 0 aromatic heterocycles. The standard InChI is InChI=1S/C16H28N2O/c1-11(2)12-8-9-13(14(10-12)19-7)15(18(5)6)16(3,4)17/h8-11,15H,17H2,1-7H3. The van der Waals surface area contributed by atoms with Crippen molar-refractivity contribution in [3.05, 3.63) is 29.3 Å². The number of hydrogen-bond donors (Lipinski definition) is 1. The van der Waals surface area contributed by atoms with Crippen molar-refractivity contribution >= 4 is 0 Å². The lowest BCUT2D eigenvalue weighted by molar-refractivity contribution is 0.199. The first-order valence-electron chi connectivity index (χ1n) is 6.81. The summed E-state index contributed by atoms with van der Waals surface area (Å²) < 4.78 is 5.58. The van der Waals surface area contributed by atoms with Crippen molar-refractivity contribution < 1.29 is 4.74 Å². The van der Waals surface area contributed by atoms with Crippen LogP contribution < -0.4 is 10.5 Å². The van der Waals surface area contributed by atoms with E-state index >= 15 is 0 Å². The summed E-state index contributed by atoms with van der Waals surface area (Å²) in [5, 5.41) is 0. The summed E-state index contributed by atoms with van der Waals surface area (Å²) in [7, 11) is 5.82. The van der Waals surface area contributed by atoms with Crippen molar-refractivity contribution in [3.8, 4) is 5.75 Å². The summed E-state index contributed by atoms with van der Waals surface area (Å²) in [6, 6.07) is 6.56. The lowest BCUT2D eigenvalue weighted by atomic mass is 9.87. The van der Waals surface area contributed by atoms with Crippen LogP contribution in [0.5, 0.6) is 5.75 Å². The Morgan fingerprint density at radius 3 is 2.16 bits per heavy atom. The Morgan fingerprint density at radius 1 is 1.21 bits per heavy atom. The number of hydrogen-bond acceptors (Lipinski definition) is 3. The third-order valence-electron chi connectivity index (χ3n) is 3.44. The molecule has 1 rings (SSSR count). The Hall–Kier alpha value is -1.06. The highest BCUT2D eigenvalue weighted by Crippen LogP contribution is 2.36. The molecule has 0 fully saturated rings. The van der Waals surface area contributed by atoms with Gasteiger partial charge in [0.15, 0.2) is 0 Å². The van der Waals surface area contributed by atoms with Gasteiger partial charge >= 0.3 is 0 Å². The highest BCUT2D eigenvalue weighted by Gasteiger charge is 2.31. The highest BCUT2D eigenvalue weighted by molar-refractivity contribution is 5.42. The minimum absolute atomic E-state index is 0.115. The van der Waals surface area contributed by atoms with Crippen molar-refractivity contribution in [1.29, 1.82) is 0 Å². The predicted molar refractivity (Wildman–Crippen MR) is 81.8 cm³/mol. The maximum atomic E-state index is 6.34. The van der Waals surface area contributed by atoms with Gasteiger partial charge in [-0.25, -0.2) is 0 Å². The molecule has 1 atom stereocenters. The average molecular weight is 264 g/mol. The van der Waals surface area contributed by atoms with Crippen molar-refractivity contribution in [2.75, 3.05) is 21.2 Å². The molecule has 0 spiro atoms. The normalized spacial score (nSPS) is 14.0. The van der Waals surface area contributed by atoms with Crippen LogP contribution in [-0.4, -0.2) is 31.6 Å². The highest BCUT2D eigenvalue weighted by atomic mass is 16.5. The van der Waals surface area contributed by atoms with Crippen LogP contribution in [0, 0.1) is 0 Å². The fourth-order valence-corrected chi connectivity index (χ4v) is 2.66. The fourth-order valence-electron chi connectivity index (χ4n) is 2.66. The second kappa shape index (κ2) is 5.93. The summed E-state index contributed by atoms with van der Waals surface area (Å²) in [5.41, 5.74) is 8.43. The predicted octanol–water partition coefficient (Wildman–Crippen LogP) is 3.16. The van der Waals surface area contributed by atoms with Gasteiger partial charge in [0, 0.05) is 11.1 Å². The zero-order chi connectivity index (χ0) is 14.8. The Kier molecular flexibility index (Phi) is 4.99. The monoisotopic (exact) mass is 264 g/mol. The van der Waals surface area contributed by atoms with E-state index in [0.717, 1.165) is 11.3 Å². The van der Waals surface area contributed by atoms with E-state index in [1.54, 1.807) is 7.11 Å². The lowest BCUT2D eigenvalue weighted by Crippen LogP contribution is -2.46. The number of rotatable bonds is 5. The molecule has 0 aliphatic carbocycles. The number of benzene rings is 1. The Balaban J connectivity index is 3.32. The summed E-state index contributed by atoms with van der Waals surface area (Å²) in [6.45, 7) is 8.47. The van der Waals surface area contributed by atoms with Crippen LogP contribution >= 0.6 is 0 Å². The van der Waals surface area contributed by atoms with Crippen molar-refractivity contribution in [1.82, 2.24) is 4.90 Å². The van der Waals surface area contributed by atoms with E-state index < -0.39 is 0 Å². The number of methoxy groups -OCH3 is 1. The third-order valence-corrected chi connectivity index (χ3v) is 3.44. The van der Waals surface area contributed by atoms with Crippen molar-refractivity contribution in [2.24, 2.45) is 5.73 Å². The van der Waals surface area contributed by atoms with Gasteiger partial charge in [0.05, 0.1) is 13.2 Å². The molecular formula is C16H28N2O. The quantitative estimate of drug-likeness (QED) is 0.888. The van der Waals surface area contributed by atoms with E-state index in [0.29, 0.717) is 5.92 Å². The zero-order valence-electron chi connectivity index (χ0n) is 13.3. The Bertz CT molecular complexity index is 419. The Labute approximate surface area is 117 Å². The third kappa shape index (κ3) is 3.71. The average Bonchev–Trinajstić information content (AvgIpc) is 2.26. The second-order valence-corrected chi connectivity index (χ2v) is 6.34. The van der Waals surface area contributed by atoms with Gasteiger partial charge in [0.25, 0.3) is 0 Å². The molecule has 0 saturated carbocycles. The Morgan fingerprint density at radius 2 is 1.79 bits per heavy atom. The molecule has 0 heterocycles. The van der Waals surface area contributed by atoms with Crippen LogP contribution in [0.15, 0.2) is 18.2 Å². The van der Waals surface area contributed by atoms with Gasteiger partial charge in [-0.05, 0) is 45.5 Å². The lowest BCUT2D eigenvalue weighted by Gasteiger charge is -2.37. The molecule has 0 aliphatic heterocycles. The van der Waals surface area contributed by atoms with Gasteiger partial charge in [0.2, 0.25) is 0 Å². The molecule has 19 heavy (non-hydrogen) atoms. The van der Waals surface area contributed by atoms with Gasteiger partial charge in [-0.3, -0.25) is 0 Å². The molecule has 108 valence electrons. The van der Waals surface area contributed by atoms with Gasteiger partial charge in [-0.2, -0.15) is 0 Å². The maximum Gasteiger partial charge on any atom is 0.123 e. The van der Waals surface area contributed by atoms with Gasteiger partial charge < -0.3 is 15.4 Å². The molecule has 3 nitrogen and oxygen atoms in total. The molecule has 3 heteroatoms. The number of ether oxygens (including phenoxy) is 1. The molecule has 0 aliphatic rings. The molecule has 0 saturated heterocycles. The van der Waals surface area contributed by atoms with E-state index in [9.17, 15) is 0 Å². The number of nitrogens with two attached hydrogens (primary N) is 1. The van der Waals surface area contributed by atoms with Gasteiger partial charge in [-0.1, -0.05) is 26.0 Å². The molecule has 1 unspecified atom stereocenters. The van der Waals surface area contributed by atoms with E-state index in [1.807, 2.05) is 13.8 Å². The molecule has 1 aromatic rings. The first-order valence-corrected chi connectivity index (χ1v) is 6.81. The topological polar surface area (TPSA) is 38.5 Å². The molecule has 0 amide bonds. The summed E-state index contributed by atoms with van der Waals surface area (Å²) >= 11 is 0. The van der Waals surface area contributed by atoms with Crippen LogP contribution in [-0.2, 0) is 0 Å². The van der Waals surface area contributed by atoms with Crippen LogP contribution in [0.1, 0.15) is 50.8 Å². The first kappa shape index (κ1) is 16.0. The van der Waals surface area contributed by atoms with E-state index in [2.05, 4.69) is 51.0 Å². The van der Waals surface area contributed by atoms with E-state index in [-0.39, 0.29) is 11.6 Å². The first-order chi connectivity index (χ1) is 8.68. The summed E-state index contributed by atoms with van der Waals surface area (Å²) in [6.07, 6.45) is 0. The van der Waals surface area contributed by atoms with Gasteiger partial charge in [0.1, 0.15) is 5.75 Å². The SMILES string of the molecule is COc1cc(C(C)C)ccc1C(N(C)C)C(C)(C)N. The number of nitrogens with zero attached hydrogens (tertiary/aromatic N) is 1. The number of likely N-dealkylation sites (N-methyl/N-ethyl adjacent to an activating group) is 1. The summed E-state index contributed by atoms with van der Waals surface area (Å²) in [5.74, 6) is 1.41. The molecule has 2 N–H and O–H groups in total. The molecule has 1 aromatic carbocycles. The van der Waals surface area contributed by atoms with Crippen LogP contribution in [0.25, 0.3) is 0 Å². The van der Waals surface area contributed by atoms with Crippen LogP contribution in [0.2, 0.25) is 0 Å².